The smallest absolute Gasteiger partial charge is 0.0991 e. The van der Waals surface area contributed by atoms with Crippen LogP contribution in [0.4, 0.5) is 0 Å². The van der Waals surface area contributed by atoms with Gasteiger partial charge in [-0.2, -0.15) is 10.5 Å². The van der Waals surface area contributed by atoms with Gasteiger partial charge in [-0.15, -0.1) is 0 Å². The molecular weight excluding hydrogens is 260 g/mol. The van der Waals surface area contributed by atoms with Gasteiger partial charge in [-0.1, -0.05) is 19.1 Å². The van der Waals surface area contributed by atoms with E-state index in [1.165, 1.54) is 5.56 Å². The molecule has 1 aliphatic rings. The first kappa shape index (κ1) is 15.5. The number of rotatable bonds is 5. The van der Waals surface area contributed by atoms with Crippen LogP contribution >= 0.6 is 0 Å². The standard InChI is InChI=1S/C18H22N2O/c1-14(10-18-11-17(13-20)8-9-21-18)2-3-15-4-6-16(12-19)7-5-15/h4-7,14,17-18H,2-3,8-11H2,1H3. The van der Waals surface area contributed by atoms with Crippen molar-refractivity contribution in [3.63, 3.8) is 0 Å². The summed E-state index contributed by atoms with van der Waals surface area (Å²) in [7, 11) is 0. The molecule has 3 nitrogen and oxygen atoms in total. The highest BCUT2D eigenvalue weighted by molar-refractivity contribution is 5.31. The van der Waals surface area contributed by atoms with E-state index in [4.69, 9.17) is 15.3 Å². The van der Waals surface area contributed by atoms with Crippen LogP contribution in [0.2, 0.25) is 0 Å². The molecule has 0 bridgehead atoms. The van der Waals surface area contributed by atoms with Crippen molar-refractivity contribution in [3.8, 4) is 12.1 Å². The van der Waals surface area contributed by atoms with Gasteiger partial charge >= 0.3 is 0 Å². The second kappa shape index (κ2) is 7.81. The van der Waals surface area contributed by atoms with Crippen molar-refractivity contribution >= 4 is 0 Å². The number of nitrogens with zero attached hydrogens (tertiary/aromatic N) is 2. The Kier molecular flexibility index (Phi) is 5.78. The highest BCUT2D eigenvalue weighted by Gasteiger charge is 2.23. The number of hydrogen-bond acceptors (Lipinski definition) is 3. The lowest BCUT2D eigenvalue weighted by atomic mass is 9.89. The van der Waals surface area contributed by atoms with Gasteiger partial charge in [0.2, 0.25) is 0 Å². The molecule has 0 aliphatic carbocycles. The van der Waals surface area contributed by atoms with Crippen molar-refractivity contribution < 1.29 is 4.74 Å². The third-order valence-corrected chi connectivity index (χ3v) is 4.22. The third-order valence-electron chi connectivity index (χ3n) is 4.22. The molecule has 1 heterocycles. The van der Waals surface area contributed by atoms with E-state index in [-0.39, 0.29) is 12.0 Å². The lowest BCUT2D eigenvalue weighted by Crippen LogP contribution is -2.26. The second-order valence-corrected chi connectivity index (χ2v) is 6.03. The fourth-order valence-electron chi connectivity index (χ4n) is 2.89. The maximum Gasteiger partial charge on any atom is 0.0991 e. The van der Waals surface area contributed by atoms with Crippen molar-refractivity contribution in [2.75, 3.05) is 6.61 Å². The van der Waals surface area contributed by atoms with Crippen molar-refractivity contribution in [3.05, 3.63) is 35.4 Å². The van der Waals surface area contributed by atoms with E-state index in [2.05, 4.69) is 19.1 Å². The van der Waals surface area contributed by atoms with Crippen LogP contribution in [0.1, 0.15) is 43.7 Å². The fourth-order valence-corrected chi connectivity index (χ4v) is 2.89. The minimum atomic E-state index is 0.175. The zero-order valence-electron chi connectivity index (χ0n) is 12.6. The molecule has 1 aliphatic heterocycles. The van der Waals surface area contributed by atoms with Gasteiger partial charge in [0.05, 0.1) is 29.7 Å². The Morgan fingerprint density at radius 1 is 1.29 bits per heavy atom. The number of benzene rings is 1. The van der Waals surface area contributed by atoms with Crippen molar-refractivity contribution in [1.29, 1.82) is 10.5 Å². The molecule has 0 aromatic heterocycles. The molecule has 0 radical (unpaired) electrons. The molecule has 0 spiro atoms. The molecule has 0 amide bonds. The summed E-state index contributed by atoms with van der Waals surface area (Å²) in [5.74, 6) is 0.762. The second-order valence-electron chi connectivity index (χ2n) is 6.03. The first-order valence-corrected chi connectivity index (χ1v) is 7.71. The van der Waals surface area contributed by atoms with Gasteiger partial charge in [0.1, 0.15) is 0 Å². The zero-order chi connectivity index (χ0) is 15.1. The topological polar surface area (TPSA) is 56.8 Å². The monoisotopic (exact) mass is 282 g/mol. The van der Waals surface area contributed by atoms with Crippen LogP contribution in [0.15, 0.2) is 24.3 Å². The van der Waals surface area contributed by atoms with Crippen LogP contribution in [-0.2, 0) is 11.2 Å². The molecule has 1 aromatic carbocycles. The van der Waals surface area contributed by atoms with Gasteiger partial charge in [-0.05, 0) is 55.7 Å². The number of aryl methyl sites for hydroxylation is 1. The minimum Gasteiger partial charge on any atom is -0.378 e. The average Bonchev–Trinajstić information content (AvgIpc) is 2.53. The summed E-state index contributed by atoms with van der Waals surface area (Å²) >= 11 is 0. The summed E-state index contributed by atoms with van der Waals surface area (Å²) in [4.78, 5) is 0. The summed E-state index contributed by atoms with van der Waals surface area (Å²) in [6, 6.07) is 12.3. The largest absolute Gasteiger partial charge is 0.378 e. The normalized spacial score (nSPS) is 23.0. The van der Waals surface area contributed by atoms with E-state index in [9.17, 15) is 0 Å². The van der Waals surface area contributed by atoms with Gasteiger partial charge in [-0.25, -0.2) is 0 Å². The van der Waals surface area contributed by atoms with Crippen LogP contribution in [0.3, 0.4) is 0 Å². The van der Waals surface area contributed by atoms with E-state index in [0.29, 0.717) is 11.5 Å². The highest BCUT2D eigenvalue weighted by atomic mass is 16.5. The van der Waals surface area contributed by atoms with Crippen LogP contribution in [0.25, 0.3) is 0 Å². The molecule has 3 atom stereocenters. The number of nitriles is 2. The Bertz CT molecular complexity index is 524. The summed E-state index contributed by atoms with van der Waals surface area (Å²) in [5.41, 5.74) is 1.99. The summed E-state index contributed by atoms with van der Waals surface area (Å²) in [6.07, 6.45) is 5.20. The lowest BCUT2D eigenvalue weighted by Gasteiger charge is -2.28. The van der Waals surface area contributed by atoms with E-state index in [1.807, 2.05) is 24.3 Å². The van der Waals surface area contributed by atoms with E-state index >= 15 is 0 Å². The molecular formula is C18H22N2O. The van der Waals surface area contributed by atoms with Crippen LogP contribution in [-0.4, -0.2) is 12.7 Å². The molecule has 1 aromatic rings. The molecule has 110 valence electrons. The van der Waals surface area contributed by atoms with Crippen LogP contribution in [0, 0.1) is 34.5 Å². The molecule has 21 heavy (non-hydrogen) atoms. The maximum atomic E-state index is 9.01. The van der Waals surface area contributed by atoms with Crippen LogP contribution < -0.4 is 0 Å². The Hall–Kier alpha value is -1.84. The van der Waals surface area contributed by atoms with E-state index in [0.717, 1.165) is 38.7 Å². The summed E-state index contributed by atoms with van der Waals surface area (Å²) < 4.78 is 5.78. The molecule has 1 saturated heterocycles. The Labute approximate surface area is 127 Å². The Balaban J connectivity index is 1.75. The molecule has 0 N–H and O–H groups in total. The highest BCUT2D eigenvalue weighted by Crippen LogP contribution is 2.25. The number of hydrogen-bond donors (Lipinski definition) is 0. The first-order valence-electron chi connectivity index (χ1n) is 7.71. The predicted molar refractivity (Wildman–Crippen MR) is 81.3 cm³/mol. The first-order chi connectivity index (χ1) is 10.2. The van der Waals surface area contributed by atoms with Gasteiger partial charge < -0.3 is 4.74 Å². The van der Waals surface area contributed by atoms with Gasteiger partial charge in [0.15, 0.2) is 0 Å². The average molecular weight is 282 g/mol. The minimum absolute atomic E-state index is 0.175. The quantitative estimate of drug-likeness (QED) is 0.824. The summed E-state index contributed by atoms with van der Waals surface area (Å²) in [6.45, 7) is 2.98. The molecule has 3 unspecified atom stereocenters. The molecule has 2 rings (SSSR count). The maximum absolute atomic E-state index is 9.01. The molecule has 1 fully saturated rings. The molecule has 0 saturated carbocycles. The zero-order valence-corrected chi connectivity index (χ0v) is 12.6. The Morgan fingerprint density at radius 2 is 2.05 bits per heavy atom. The molecule has 3 heteroatoms. The predicted octanol–water partition coefficient (Wildman–Crippen LogP) is 3.84. The van der Waals surface area contributed by atoms with Crippen molar-refractivity contribution in [2.45, 2.75) is 45.1 Å². The van der Waals surface area contributed by atoms with Gasteiger partial charge in [0, 0.05) is 6.61 Å². The summed E-state index contributed by atoms with van der Waals surface area (Å²) in [5, 5.41) is 17.8. The van der Waals surface area contributed by atoms with Crippen molar-refractivity contribution in [1.82, 2.24) is 0 Å². The van der Waals surface area contributed by atoms with Gasteiger partial charge in [-0.3, -0.25) is 0 Å². The van der Waals surface area contributed by atoms with Gasteiger partial charge in [0.25, 0.3) is 0 Å². The van der Waals surface area contributed by atoms with Crippen molar-refractivity contribution in [2.24, 2.45) is 11.8 Å². The lowest BCUT2D eigenvalue weighted by molar-refractivity contribution is -0.0108. The number of ether oxygens (including phenoxy) is 1. The third kappa shape index (κ3) is 4.88. The Morgan fingerprint density at radius 3 is 2.71 bits per heavy atom. The fraction of sp³-hybridized carbons (Fsp3) is 0.556. The SMILES string of the molecule is CC(CCc1ccc(C#N)cc1)CC1CC(C#N)CCO1. The van der Waals surface area contributed by atoms with E-state index < -0.39 is 0 Å². The van der Waals surface area contributed by atoms with E-state index in [1.54, 1.807) is 0 Å². The van der Waals surface area contributed by atoms with Crippen LogP contribution in [0.5, 0.6) is 0 Å².